The second kappa shape index (κ2) is 10.3. The van der Waals surface area contributed by atoms with Crippen LogP contribution in [0.5, 0.6) is 0 Å². The molecule has 2 aromatic rings. The van der Waals surface area contributed by atoms with E-state index in [1.54, 1.807) is 18.2 Å². The number of rotatable bonds is 4. The van der Waals surface area contributed by atoms with Gasteiger partial charge >= 0.3 is 0 Å². The Bertz CT molecular complexity index is 724. The molecule has 5 nitrogen and oxygen atoms in total. The first-order valence-electron chi connectivity index (χ1n) is 8.10. The van der Waals surface area contributed by atoms with Crippen LogP contribution in [-0.2, 0) is 0 Å². The van der Waals surface area contributed by atoms with Crippen LogP contribution in [0.2, 0.25) is 0 Å². The molecule has 1 saturated heterocycles. The molecule has 0 atom stereocenters. The number of hydrogen-bond acceptors (Lipinski definition) is 4. The zero-order valence-electron chi connectivity index (χ0n) is 14.4. The van der Waals surface area contributed by atoms with E-state index >= 15 is 0 Å². The third-order valence-electron chi connectivity index (χ3n) is 4.18. The lowest BCUT2D eigenvalue weighted by Gasteiger charge is -2.29. The van der Waals surface area contributed by atoms with Crippen LogP contribution in [0, 0.1) is 5.82 Å². The van der Waals surface area contributed by atoms with Gasteiger partial charge in [-0.15, -0.1) is 24.8 Å². The van der Waals surface area contributed by atoms with Gasteiger partial charge in [0.25, 0.3) is 5.91 Å². The van der Waals surface area contributed by atoms with E-state index in [-0.39, 0.29) is 30.4 Å². The molecule has 2 heterocycles. The molecule has 0 spiro atoms. The quantitative estimate of drug-likeness (QED) is 0.818. The molecule has 0 radical (unpaired) electrons. The lowest BCUT2D eigenvalue weighted by Crippen LogP contribution is -2.36. The van der Waals surface area contributed by atoms with Gasteiger partial charge in [0.2, 0.25) is 0 Å². The molecule has 26 heavy (non-hydrogen) atoms. The first-order valence-corrected chi connectivity index (χ1v) is 8.10. The van der Waals surface area contributed by atoms with Crippen molar-refractivity contribution in [1.29, 1.82) is 0 Å². The number of aromatic nitrogens is 1. The summed E-state index contributed by atoms with van der Waals surface area (Å²) < 4.78 is 13.7. The summed E-state index contributed by atoms with van der Waals surface area (Å²) in [6.07, 6.45) is 2.12. The number of likely N-dealkylation sites (tertiary alicyclic amines) is 1. The summed E-state index contributed by atoms with van der Waals surface area (Å²) in [7, 11) is 2.12. The van der Waals surface area contributed by atoms with Crippen LogP contribution < -0.4 is 10.6 Å². The Morgan fingerprint density at radius 2 is 1.73 bits per heavy atom. The van der Waals surface area contributed by atoms with Crippen molar-refractivity contribution in [3.05, 3.63) is 53.8 Å². The van der Waals surface area contributed by atoms with E-state index in [2.05, 4.69) is 27.6 Å². The normalized spacial score (nSPS) is 14.7. The highest BCUT2D eigenvalue weighted by Gasteiger charge is 2.17. The highest BCUT2D eigenvalue weighted by Crippen LogP contribution is 2.17. The fourth-order valence-corrected chi connectivity index (χ4v) is 2.78. The van der Waals surface area contributed by atoms with Crippen molar-refractivity contribution in [1.82, 2.24) is 9.88 Å². The molecule has 8 heteroatoms. The van der Waals surface area contributed by atoms with E-state index in [0.29, 0.717) is 11.9 Å². The molecule has 0 saturated carbocycles. The second-order valence-corrected chi connectivity index (χ2v) is 6.06. The Kier molecular flexibility index (Phi) is 8.78. The zero-order chi connectivity index (χ0) is 16.9. The Balaban J connectivity index is 0.00000169. The van der Waals surface area contributed by atoms with E-state index in [0.717, 1.165) is 31.7 Å². The van der Waals surface area contributed by atoms with E-state index in [1.165, 1.54) is 12.1 Å². The van der Waals surface area contributed by atoms with E-state index < -0.39 is 11.7 Å². The van der Waals surface area contributed by atoms with E-state index in [4.69, 9.17) is 0 Å². The largest absolute Gasteiger partial charge is 0.367 e. The minimum absolute atomic E-state index is 0. The van der Waals surface area contributed by atoms with Gasteiger partial charge in [0.1, 0.15) is 17.5 Å². The smallest absolute Gasteiger partial charge is 0.259 e. The topological polar surface area (TPSA) is 57.3 Å². The highest BCUT2D eigenvalue weighted by molar-refractivity contribution is 6.04. The van der Waals surface area contributed by atoms with Gasteiger partial charge in [-0.1, -0.05) is 18.2 Å². The molecule has 2 N–H and O–H groups in total. The number of carbonyl (C=O) groups excluding carboxylic acids is 1. The van der Waals surface area contributed by atoms with E-state index in [9.17, 15) is 9.18 Å². The predicted octanol–water partition coefficient (Wildman–Crippen LogP) is 3.82. The van der Waals surface area contributed by atoms with E-state index in [1.807, 2.05) is 12.1 Å². The highest BCUT2D eigenvalue weighted by atomic mass is 35.5. The first kappa shape index (κ1) is 22.2. The molecule has 0 unspecified atom stereocenters. The van der Waals surface area contributed by atoms with Gasteiger partial charge in [-0.2, -0.15) is 0 Å². The van der Waals surface area contributed by atoms with Crippen molar-refractivity contribution < 1.29 is 9.18 Å². The van der Waals surface area contributed by atoms with Gasteiger partial charge in [0.05, 0.1) is 5.56 Å². The molecular weight excluding hydrogens is 378 g/mol. The minimum atomic E-state index is -0.546. The standard InChI is InChI=1S/C18H21FN4O.2ClH/c1-23-11-9-13(10-12-23)20-16-7-4-8-17(21-16)22-18(24)14-5-2-3-6-15(14)19;;/h2-8,13H,9-12H2,1H3,(H2,20,21,22,24);2*1H. The van der Waals surface area contributed by atoms with Crippen molar-refractivity contribution in [3.8, 4) is 0 Å². The van der Waals surface area contributed by atoms with Crippen LogP contribution >= 0.6 is 24.8 Å². The van der Waals surface area contributed by atoms with Crippen LogP contribution in [0.4, 0.5) is 16.0 Å². The SMILES string of the molecule is CN1CCC(Nc2cccc(NC(=O)c3ccccc3F)n2)CC1.Cl.Cl. The number of nitrogens with zero attached hydrogens (tertiary/aromatic N) is 2. The number of halogens is 3. The molecule has 3 rings (SSSR count). The second-order valence-electron chi connectivity index (χ2n) is 6.06. The summed E-state index contributed by atoms with van der Waals surface area (Å²) >= 11 is 0. The lowest BCUT2D eigenvalue weighted by molar-refractivity contribution is 0.102. The maximum absolute atomic E-state index is 13.7. The van der Waals surface area contributed by atoms with Crippen molar-refractivity contribution in [2.24, 2.45) is 0 Å². The zero-order valence-corrected chi connectivity index (χ0v) is 16.1. The van der Waals surface area contributed by atoms with Gasteiger partial charge in [-0.3, -0.25) is 4.79 Å². The average molecular weight is 401 g/mol. The molecule has 1 amide bonds. The molecule has 1 aromatic carbocycles. The Labute approximate surface area is 165 Å². The number of carbonyl (C=O) groups is 1. The summed E-state index contributed by atoms with van der Waals surface area (Å²) in [6, 6.07) is 11.7. The number of amides is 1. The summed E-state index contributed by atoms with van der Waals surface area (Å²) in [5.41, 5.74) is 0.00739. The monoisotopic (exact) mass is 400 g/mol. The third kappa shape index (κ3) is 5.83. The first-order chi connectivity index (χ1) is 11.6. The number of nitrogens with one attached hydrogen (secondary N) is 2. The van der Waals surface area contributed by atoms with Crippen LogP contribution in [0.25, 0.3) is 0 Å². The molecule has 0 bridgehead atoms. The third-order valence-corrected chi connectivity index (χ3v) is 4.18. The molecule has 1 aliphatic rings. The molecular formula is C18H23Cl2FN4O. The van der Waals surface area contributed by atoms with Gasteiger partial charge in [0, 0.05) is 6.04 Å². The number of pyridine rings is 1. The Hall–Kier alpha value is -1.89. The fourth-order valence-electron chi connectivity index (χ4n) is 2.78. The Morgan fingerprint density at radius 3 is 2.42 bits per heavy atom. The van der Waals surface area contributed by atoms with Crippen LogP contribution in [0.1, 0.15) is 23.2 Å². The van der Waals surface area contributed by atoms with Crippen molar-refractivity contribution in [2.45, 2.75) is 18.9 Å². The van der Waals surface area contributed by atoms with Crippen molar-refractivity contribution in [3.63, 3.8) is 0 Å². The average Bonchev–Trinajstić information content (AvgIpc) is 2.58. The number of hydrogen-bond donors (Lipinski definition) is 2. The summed E-state index contributed by atoms with van der Waals surface area (Å²) in [5, 5.41) is 6.05. The Morgan fingerprint density at radius 1 is 1.08 bits per heavy atom. The molecule has 142 valence electrons. The number of piperidine rings is 1. The molecule has 1 aromatic heterocycles. The van der Waals surface area contributed by atoms with Gasteiger partial charge in [-0.05, 0) is 57.2 Å². The fraction of sp³-hybridized carbons (Fsp3) is 0.333. The van der Waals surface area contributed by atoms with Gasteiger partial charge in [0.15, 0.2) is 0 Å². The van der Waals surface area contributed by atoms with Crippen molar-refractivity contribution in [2.75, 3.05) is 30.8 Å². The van der Waals surface area contributed by atoms with Crippen molar-refractivity contribution >= 4 is 42.4 Å². The van der Waals surface area contributed by atoms with Gasteiger partial charge in [-0.25, -0.2) is 9.37 Å². The molecule has 0 aliphatic carbocycles. The minimum Gasteiger partial charge on any atom is -0.367 e. The molecule has 1 aliphatic heterocycles. The summed E-state index contributed by atoms with van der Waals surface area (Å²) in [6.45, 7) is 2.11. The maximum Gasteiger partial charge on any atom is 0.259 e. The number of benzene rings is 1. The lowest BCUT2D eigenvalue weighted by atomic mass is 10.1. The van der Waals surface area contributed by atoms with Crippen LogP contribution in [0.15, 0.2) is 42.5 Å². The predicted molar refractivity (Wildman–Crippen MR) is 107 cm³/mol. The summed E-state index contributed by atoms with van der Waals surface area (Å²) in [4.78, 5) is 18.9. The maximum atomic E-state index is 13.7. The van der Waals surface area contributed by atoms with Crippen LogP contribution in [0.3, 0.4) is 0 Å². The van der Waals surface area contributed by atoms with Crippen LogP contribution in [-0.4, -0.2) is 42.0 Å². The van der Waals surface area contributed by atoms with Gasteiger partial charge < -0.3 is 15.5 Å². The summed E-state index contributed by atoms with van der Waals surface area (Å²) in [5.74, 6) is 0.0738. The number of anilines is 2. The molecule has 1 fully saturated rings.